The van der Waals surface area contributed by atoms with Gasteiger partial charge in [-0.15, -0.1) is 0 Å². The SMILES string of the molecule is CCNC(c1ccnnc1)c1cc(C)c(OC)cc1C. The number of methoxy groups -OCH3 is 1. The summed E-state index contributed by atoms with van der Waals surface area (Å²) in [5.74, 6) is 0.925. The van der Waals surface area contributed by atoms with Crippen molar-refractivity contribution in [2.24, 2.45) is 0 Å². The Labute approximate surface area is 120 Å². The fraction of sp³-hybridized carbons (Fsp3) is 0.375. The fourth-order valence-corrected chi connectivity index (χ4v) is 2.43. The highest BCUT2D eigenvalue weighted by atomic mass is 16.5. The van der Waals surface area contributed by atoms with E-state index in [2.05, 4.69) is 48.4 Å². The Morgan fingerprint density at radius 2 is 2.00 bits per heavy atom. The molecule has 2 rings (SSSR count). The second-order valence-electron chi connectivity index (χ2n) is 4.84. The van der Waals surface area contributed by atoms with Gasteiger partial charge >= 0.3 is 0 Å². The number of ether oxygens (including phenoxy) is 1. The standard InChI is InChI=1S/C16H21N3O/c1-5-17-16(13-6-7-18-19-10-13)14-8-12(3)15(20-4)9-11(14)2/h6-10,16-17H,5H2,1-4H3. The third-order valence-corrected chi connectivity index (χ3v) is 3.44. The molecule has 4 heteroatoms. The van der Waals surface area contributed by atoms with Crippen LogP contribution in [-0.2, 0) is 0 Å². The number of aromatic nitrogens is 2. The van der Waals surface area contributed by atoms with Crippen LogP contribution in [0.1, 0.15) is 35.2 Å². The van der Waals surface area contributed by atoms with Crippen molar-refractivity contribution in [1.82, 2.24) is 15.5 Å². The molecule has 0 saturated carbocycles. The van der Waals surface area contributed by atoms with E-state index in [0.29, 0.717) is 0 Å². The number of hydrogen-bond donors (Lipinski definition) is 1. The number of nitrogens with one attached hydrogen (secondary N) is 1. The maximum atomic E-state index is 5.38. The molecule has 106 valence electrons. The second-order valence-corrected chi connectivity index (χ2v) is 4.84. The van der Waals surface area contributed by atoms with Gasteiger partial charge < -0.3 is 10.1 Å². The lowest BCUT2D eigenvalue weighted by Gasteiger charge is -2.22. The minimum atomic E-state index is 0.125. The zero-order valence-corrected chi connectivity index (χ0v) is 12.5. The normalized spacial score (nSPS) is 12.2. The molecule has 0 spiro atoms. The number of hydrogen-bond acceptors (Lipinski definition) is 4. The summed E-state index contributed by atoms with van der Waals surface area (Å²) in [6.07, 6.45) is 3.54. The fourth-order valence-electron chi connectivity index (χ4n) is 2.43. The van der Waals surface area contributed by atoms with Gasteiger partial charge in [-0.1, -0.05) is 13.0 Å². The Morgan fingerprint density at radius 1 is 1.20 bits per heavy atom. The minimum Gasteiger partial charge on any atom is -0.496 e. The van der Waals surface area contributed by atoms with Gasteiger partial charge in [0.1, 0.15) is 5.75 Å². The van der Waals surface area contributed by atoms with Crippen LogP contribution in [0.5, 0.6) is 5.75 Å². The monoisotopic (exact) mass is 271 g/mol. The van der Waals surface area contributed by atoms with Crippen LogP contribution in [0.4, 0.5) is 0 Å². The van der Waals surface area contributed by atoms with Crippen molar-refractivity contribution >= 4 is 0 Å². The van der Waals surface area contributed by atoms with E-state index >= 15 is 0 Å². The van der Waals surface area contributed by atoms with Crippen LogP contribution in [0.25, 0.3) is 0 Å². The first-order valence-electron chi connectivity index (χ1n) is 6.82. The van der Waals surface area contributed by atoms with Crippen molar-refractivity contribution in [2.45, 2.75) is 26.8 Å². The van der Waals surface area contributed by atoms with Gasteiger partial charge in [0.15, 0.2) is 0 Å². The number of aryl methyl sites for hydroxylation is 2. The molecular formula is C16H21N3O. The van der Waals surface area contributed by atoms with E-state index in [1.54, 1.807) is 13.3 Å². The van der Waals surface area contributed by atoms with E-state index in [4.69, 9.17) is 4.74 Å². The van der Waals surface area contributed by atoms with Gasteiger partial charge in [0.25, 0.3) is 0 Å². The van der Waals surface area contributed by atoms with E-state index in [1.165, 1.54) is 11.1 Å². The van der Waals surface area contributed by atoms with Crippen molar-refractivity contribution in [3.8, 4) is 5.75 Å². The first-order valence-corrected chi connectivity index (χ1v) is 6.82. The molecule has 0 fully saturated rings. The highest BCUT2D eigenvalue weighted by Gasteiger charge is 2.17. The lowest BCUT2D eigenvalue weighted by molar-refractivity contribution is 0.411. The predicted molar refractivity (Wildman–Crippen MR) is 80.0 cm³/mol. The molecule has 0 radical (unpaired) electrons. The summed E-state index contributed by atoms with van der Waals surface area (Å²) < 4.78 is 5.38. The smallest absolute Gasteiger partial charge is 0.122 e. The van der Waals surface area contributed by atoms with Gasteiger partial charge in [0, 0.05) is 6.20 Å². The second kappa shape index (κ2) is 6.48. The molecule has 1 aromatic carbocycles. The lowest BCUT2D eigenvalue weighted by Crippen LogP contribution is -2.23. The molecule has 2 aromatic rings. The van der Waals surface area contributed by atoms with Crippen LogP contribution in [0.3, 0.4) is 0 Å². The van der Waals surface area contributed by atoms with E-state index < -0.39 is 0 Å². The molecule has 0 bridgehead atoms. The van der Waals surface area contributed by atoms with E-state index in [0.717, 1.165) is 23.4 Å². The molecule has 1 heterocycles. The van der Waals surface area contributed by atoms with Crippen molar-refractivity contribution in [2.75, 3.05) is 13.7 Å². The number of rotatable bonds is 5. The first kappa shape index (κ1) is 14.5. The summed E-state index contributed by atoms with van der Waals surface area (Å²) in [6.45, 7) is 7.16. The first-order chi connectivity index (χ1) is 9.67. The maximum Gasteiger partial charge on any atom is 0.122 e. The molecule has 1 unspecified atom stereocenters. The minimum absolute atomic E-state index is 0.125. The molecular weight excluding hydrogens is 250 g/mol. The third kappa shape index (κ3) is 2.96. The summed E-state index contributed by atoms with van der Waals surface area (Å²) in [7, 11) is 1.70. The average molecular weight is 271 g/mol. The lowest BCUT2D eigenvalue weighted by atomic mass is 9.94. The molecule has 0 aliphatic rings. The van der Waals surface area contributed by atoms with Crippen LogP contribution in [0, 0.1) is 13.8 Å². The Morgan fingerprint density at radius 3 is 2.60 bits per heavy atom. The summed E-state index contributed by atoms with van der Waals surface area (Å²) in [6, 6.07) is 6.39. The Balaban J connectivity index is 2.47. The van der Waals surface area contributed by atoms with Gasteiger partial charge in [0.2, 0.25) is 0 Å². The zero-order chi connectivity index (χ0) is 14.5. The number of nitrogens with zero attached hydrogens (tertiary/aromatic N) is 2. The van der Waals surface area contributed by atoms with Gasteiger partial charge in [0.05, 0.1) is 19.3 Å². The molecule has 0 aliphatic heterocycles. The highest BCUT2D eigenvalue weighted by molar-refractivity contribution is 5.45. The van der Waals surface area contributed by atoms with Crippen molar-refractivity contribution in [3.05, 3.63) is 52.8 Å². The summed E-state index contributed by atoms with van der Waals surface area (Å²) in [4.78, 5) is 0. The van der Waals surface area contributed by atoms with Crippen molar-refractivity contribution in [3.63, 3.8) is 0 Å². The summed E-state index contributed by atoms with van der Waals surface area (Å²) in [5.41, 5.74) is 4.71. The Kier molecular flexibility index (Phi) is 4.69. The molecule has 4 nitrogen and oxygen atoms in total. The predicted octanol–water partition coefficient (Wildman–Crippen LogP) is 2.80. The average Bonchev–Trinajstić information content (AvgIpc) is 2.48. The highest BCUT2D eigenvalue weighted by Crippen LogP contribution is 2.29. The van der Waals surface area contributed by atoms with Crippen LogP contribution in [0.2, 0.25) is 0 Å². The summed E-state index contributed by atoms with van der Waals surface area (Å²) in [5, 5.41) is 11.3. The molecule has 0 amide bonds. The third-order valence-electron chi connectivity index (χ3n) is 3.44. The largest absolute Gasteiger partial charge is 0.496 e. The quantitative estimate of drug-likeness (QED) is 0.908. The van der Waals surface area contributed by atoms with E-state index in [1.807, 2.05) is 12.3 Å². The Hall–Kier alpha value is -1.94. The van der Waals surface area contributed by atoms with Crippen LogP contribution < -0.4 is 10.1 Å². The molecule has 0 aliphatic carbocycles. The van der Waals surface area contributed by atoms with E-state index in [9.17, 15) is 0 Å². The maximum absolute atomic E-state index is 5.38. The molecule has 1 aromatic heterocycles. The van der Waals surface area contributed by atoms with Crippen LogP contribution in [-0.4, -0.2) is 23.9 Å². The van der Waals surface area contributed by atoms with Gasteiger partial charge in [-0.05, 0) is 54.8 Å². The topological polar surface area (TPSA) is 47.0 Å². The van der Waals surface area contributed by atoms with Crippen molar-refractivity contribution < 1.29 is 4.74 Å². The van der Waals surface area contributed by atoms with Gasteiger partial charge in [-0.25, -0.2) is 0 Å². The van der Waals surface area contributed by atoms with Gasteiger partial charge in [-0.3, -0.25) is 0 Å². The zero-order valence-electron chi connectivity index (χ0n) is 12.5. The van der Waals surface area contributed by atoms with Crippen LogP contribution in [0.15, 0.2) is 30.6 Å². The number of benzene rings is 1. The molecule has 20 heavy (non-hydrogen) atoms. The van der Waals surface area contributed by atoms with Crippen molar-refractivity contribution in [1.29, 1.82) is 0 Å². The van der Waals surface area contributed by atoms with Crippen LogP contribution >= 0.6 is 0 Å². The molecule has 1 atom stereocenters. The van der Waals surface area contributed by atoms with Gasteiger partial charge in [-0.2, -0.15) is 10.2 Å². The summed E-state index contributed by atoms with van der Waals surface area (Å²) >= 11 is 0. The Bertz CT molecular complexity index is 569. The van der Waals surface area contributed by atoms with E-state index in [-0.39, 0.29) is 6.04 Å². The molecule has 1 N–H and O–H groups in total. The molecule has 0 saturated heterocycles.